The molecule has 1 atom stereocenters. The third kappa shape index (κ3) is 2.56. The zero-order valence-corrected chi connectivity index (χ0v) is 11.9. The highest BCUT2D eigenvalue weighted by molar-refractivity contribution is 6.06. The molecular formula is C16H21N3O. The van der Waals surface area contributed by atoms with E-state index in [0.29, 0.717) is 5.92 Å². The number of carbonyl (C=O) groups is 1. The van der Waals surface area contributed by atoms with E-state index in [-0.39, 0.29) is 5.91 Å². The van der Waals surface area contributed by atoms with Crippen LogP contribution >= 0.6 is 0 Å². The third-order valence-electron chi connectivity index (χ3n) is 4.21. The fourth-order valence-electron chi connectivity index (χ4n) is 2.98. The maximum atomic E-state index is 12.3. The van der Waals surface area contributed by atoms with Crippen molar-refractivity contribution in [2.45, 2.75) is 13.3 Å². The van der Waals surface area contributed by atoms with E-state index < -0.39 is 0 Å². The van der Waals surface area contributed by atoms with Gasteiger partial charge in [-0.1, -0.05) is 13.0 Å². The summed E-state index contributed by atoms with van der Waals surface area (Å²) in [4.78, 5) is 17.9. The standard InChI is InChI=1S/C16H21N3O/c1-2-19-9-7-12(11-19)10-18-16(20)14-4-3-5-15-13(14)6-8-17-15/h3-6,8,12,17H,2,7,9-11H2,1H3,(H,18,20). The summed E-state index contributed by atoms with van der Waals surface area (Å²) < 4.78 is 0. The smallest absolute Gasteiger partial charge is 0.251 e. The molecule has 1 aromatic heterocycles. The van der Waals surface area contributed by atoms with Crippen molar-refractivity contribution < 1.29 is 4.79 Å². The van der Waals surface area contributed by atoms with Crippen LogP contribution in [0.5, 0.6) is 0 Å². The summed E-state index contributed by atoms with van der Waals surface area (Å²) in [7, 11) is 0. The third-order valence-corrected chi connectivity index (χ3v) is 4.21. The molecule has 20 heavy (non-hydrogen) atoms. The molecule has 4 nitrogen and oxygen atoms in total. The van der Waals surface area contributed by atoms with E-state index in [1.807, 2.05) is 30.5 Å². The maximum Gasteiger partial charge on any atom is 0.251 e. The minimum Gasteiger partial charge on any atom is -0.361 e. The first kappa shape index (κ1) is 13.2. The Labute approximate surface area is 119 Å². The fraction of sp³-hybridized carbons (Fsp3) is 0.438. The second-order valence-corrected chi connectivity index (χ2v) is 5.50. The number of nitrogens with one attached hydrogen (secondary N) is 2. The van der Waals surface area contributed by atoms with E-state index in [9.17, 15) is 4.79 Å². The Hall–Kier alpha value is -1.81. The molecule has 1 saturated heterocycles. The van der Waals surface area contributed by atoms with Crippen molar-refractivity contribution >= 4 is 16.8 Å². The molecule has 0 saturated carbocycles. The molecule has 2 N–H and O–H groups in total. The van der Waals surface area contributed by atoms with Crippen molar-refractivity contribution in [3.63, 3.8) is 0 Å². The summed E-state index contributed by atoms with van der Waals surface area (Å²) in [5.74, 6) is 0.620. The Kier molecular flexibility index (Phi) is 3.74. The molecule has 0 bridgehead atoms. The van der Waals surface area contributed by atoms with Crippen molar-refractivity contribution in [1.82, 2.24) is 15.2 Å². The predicted molar refractivity (Wildman–Crippen MR) is 80.9 cm³/mol. The molecule has 4 heteroatoms. The molecule has 106 valence electrons. The molecule has 1 amide bonds. The Morgan fingerprint density at radius 2 is 2.35 bits per heavy atom. The summed E-state index contributed by atoms with van der Waals surface area (Å²) in [6.45, 7) is 6.33. The molecule has 2 heterocycles. The lowest BCUT2D eigenvalue weighted by Gasteiger charge is -2.14. The molecule has 1 aromatic carbocycles. The average molecular weight is 271 g/mol. The predicted octanol–water partition coefficient (Wildman–Crippen LogP) is 2.24. The molecule has 1 aliphatic rings. The van der Waals surface area contributed by atoms with E-state index in [4.69, 9.17) is 0 Å². The first-order valence-corrected chi connectivity index (χ1v) is 7.34. The van der Waals surface area contributed by atoms with E-state index in [1.165, 1.54) is 6.42 Å². The number of amides is 1. The normalized spacial score (nSPS) is 19.6. The zero-order valence-electron chi connectivity index (χ0n) is 11.9. The van der Waals surface area contributed by atoms with Gasteiger partial charge in [0.2, 0.25) is 0 Å². The maximum absolute atomic E-state index is 12.3. The highest BCUT2D eigenvalue weighted by Gasteiger charge is 2.21. The zero-order chi connectivity index (χ0) is 13.9. The van der Waals surface area contributed by atoms with Crippen LogP contribution in [0.3, 0.4) is 0 Å². The Morgan fingerprint density at radius 1 is 1.45 bits per heavy atom. The Morgan fingerprint density at radius 3 is 3.15 bits per heavy atom. The minimum absolute atomic E-state index is 0.0325. The van der Waals surface area contributed by atoms with Crippen LogP contribution in [0.15, 0.2) is 30.5 Å². The summed E-state index contributed by atoms with van der Waals surface area (Å²) in [6, 6.07) is 7.75. The van der Waals surface area contributed by atoms with Crippen LogP contribution < -0.4 is 5.32 Å². The highest BCUT2D eigenvalue weighted by atomic mass is 16.1. The molecule has 0 aliphatic carbocycles. The van der Waals surface area contributed by atoms with Gasteiger partial charge in [-0.25, -0.2) is 0 Å². The van der Waals surface area contributed by atoms with Crippen LogP contribution in [0.4, 0.5) is 0 Å². The Balaban J connectivity index is 1.64. The lowest BCUT2D eigenvalue weighted by atomic mass is 10.1. The number of benzene rings is 1. The van der Waals surface area contributed by atoms with Crippen LogP contribution in [-0.2, 0) is 0 Å². The number of hydrogen-bond donors (Lipinski definition) is 2. The second kappa shape index (κ2) is 5.67. The van der Waals surface area contributed by atoms with Crippen LogP contribution in [0.2, 0.25) is 0 Å². The fourth-order valence-corrected chi connectivity index (χ4v) is 2.98. The first-order valence-electron chi connectivity index (χ1n) is 7.34. The number of aromatic amines is 1. The quantitative estimate of drug-likeness (QED) is 0.896. The number of aromatic nitrogens is 1. The number of fused-ring (bicyclic) bond motifs is 1. The molecule has 0 radical (unpaired) electrons. The number of H-pyrrole nitrogens is 1. The van der Waals surface area contributed by atoms with Crippen molar-refractivity contribution in [2.75, 3.05) is 26.2 Å². The number of nitrogens with zero attached hydrogens (tertiary/aromatic N) is 1. The highest BCUT2D eigenvalue weighted by Crippen LogP contribution is 2.18. The van der Waals surface area contributed by atoms with Crippen molar-refractivity contribution in [1.29, 1.82) is 0 Å². The van der Waals surface area contributed by atoms with Gasteiger partial charge in [-0.15, -0.1) is 0 Å². The molecule has 1 aliphatic heterocycles. The lowest BCUT2D eigenvalue weighted by molar-refractivity contribution is 0.0949. The van der Waals surface area contributed by atoms with Gasteiger partial charge in [0.1, 0.15) is 0 Å². The number of rotatable bonds is 4. The number of likely N-dealkylation sites (tertiary alicyclic amines) is 1. The van der Waals surface area contributed by atoms with Gasteiger partial charge < -0.3 is 15.2 Å². The average Bonchev–Trinajstić information content (AvgIpc) is 3.12. The lowest BCUT2D eigenvalue weighted by Crippen LogP contribution is -2.31. The largest absolute Gasteiger partial charge is 0.361 e. The van der Waals surface area contributed by atoms with Gasteiger partial charge in [0.25, 0.3) is 5.91 Å². The van der Waals surface area contributed by atoms with E-state index >= 15 is 0 Å². The van der Waals surface area contributed by atoms with Crippen LogP contribution in [-0.4, -0.2) is 42.0 Å². The summed E-state index contributed by atoms with van der Waals surface area (Å²) in [6.07, 6.45) is 3.06. The summed E-state index contributed by atoms with van der Waals surface area (Å²) in [5, 5.41) is 4.08. The molecule has 1 fully saturated rings. The van der Waals surface area contributed by atoms with Gasteiger partial charge >= 0.3 is 0 Å². The van der Waals surface area contributed by atoms with Gasteiger partial charge in [0.05, 0.1) is 0 Å². The van der Waals surface area contributed by atoms with E-state index in [1.54, 1.807) is 0 Å². The molecule has 0 spiro atoms. The van der Waals surface area contributed by atoms with Crippen LogP contribution in [0.25, 0.3) is 10.9 Å². The van der Waals surface area contributed by atoms with E-state index in [0.717, 1.165) is 42.6 Å². The van der Waals surface area contributed by atoms with Crippen molar-refractivity contribution in [3.05, 3.63) is 36.0 Å². The van der Waals surface area contributed by atoms with Gasteiger partial charge in [-0.3, -0.25) is 4.79 Å². The number of carbonyl (C=O) groups excluding carboxylic acids is 1. The molecule has 3 rings (SSSR count). The molecular weight excluding hydrogens is 250 g/mol. The van der Waals surface area contributed by atoms with Crippen molar-refractivity contribution in [2.24, 2.45) is 5.92 Å². The van der Waals surface area contributed by atoms with Gasteiger partial charge in [0.15, 0.2) is 0 Å². The van der Waals surface area contributed by atoms with Gasteiger partial charge in [-0.05, 0) is 43.6 Å². The molecule has 1 unspecified atom stereocenters. The van der Waals surface area contributed by atoms with Gasteiger partial charge in [0, 0.05) is 35.8 Å². The van der Waals surface area contributed by atoms with Gasteiger partial charge in [-0.2, -0.15) is 0 Å². The number of hydrogen-bond acceptors (Lipinski definition) is 2. The van der Waals surface area contributed by atoms with Crippen LogP contribution in [0, 0.1) is 5.92 Å². The Bertz CT molecular complexity index is 605. The summed E-state index contributed by atoms with van der Waals surface area (Å²) >= 11 is 0. The SMILES string of the molecule is CCN1CCC(CNC(=O)c2cccc3[nH]ccc23)C1. The van der Waals surface area contributed by atoms with Crippen LogP contribution in [0.1, 0.15) is 23.7 Å². The first-order chi connectivity index (χ1) is 9.78. The summed E-state index contributed by atoms with van der Waals surface area (Å²) in [5.41, 5.74) is 1.77. The van der Waals surface area contributed by atoms with Crippen molar-refractivity contribution in [3.8, 4) is 0 Å². The second-order valence-electron chi connectivity index (χ2n) is 5.50. The molecule has 2 aromatic rings. The monoisotopic (exact) mass is 271 g/mol. The topological polar surface area (TPSA) is 48.1 Å². The minimum atomic E-state index is 0.0325. The van der Waals surface area contributed by atoms with E-state index in [2.05, 4.69) is 22.1 Å².